The molecule has 0 saturated heterocycles. The number of carbonyl (C=O) groups excluding carboxylic acids is 1. The first kappa shape index (κ1) is 33.0. The number of carboxylic acid groups (broad SMARTS) is 1. The minimum atomic E-state index is -2.60. The Morgan fingerprint density at radius 2 is 1.36 bits per heavy atom. The van der Waals surface area contributed by atoms with Gasteiger partial charge < -0.3 is 16.2 Å². The first-order valence-electron chi connectivity index (χ1n) is 13.1. The van der Waals surface area contributed by atoms with Crippen molar-refractivity contribution in [2.75, 3.05) is 17.6 Å². The van der Waals surface area contributed by atoms with Gasteiger partial charge in [-0.25, -0.2) is 27.3 Å². The van der Waals surface area contributed by atoms with Crippen molar-refractivity contribution in [2.45, 2.75) is 19.4 Å². The number of aromatic nitrogens is 2. The van der Waals surface area contributed by atoms with Gasteiger partial charge in [0.1, 0.15) is 5.69 Å². The molecule has 0 aliphatic heterocycles. The molecule has 0 unspecified atom stereocenters. The highest BCUT2D eigenvalue weighted by Crippen LogP contribution is 2.18. The molecule has 0 saturated carbocycles. The van der Waals surface area contributed by atoms with Crippen LogP contribution in [-0.4, -0.2) is 45.8 Å². The van der Waals surface area contributed by atoms with E-state index in [4.69, 9.17) is 10.8 Å². The number of benzene rings is 4. The van der Waals surface area contributed by atoms with Crippen molar-refractivity contribution in [1.82, 2.24) is 9.55 Å². The molecular weight excluding hydrogens is 580 g/mol. The van der Waals surface area contributed by atoms with E-state index in [-0.39, 0.29) is 17.8 Å². The predicted octanol–water partition coefficient (Wildman–Crippen LogP) is 6.23. The zero-order chi connectivity index (χ0) is 32.1. The fourth-order valence-electron chi connectivity index (χ4n) is 3.85. The van der Waals surface area contributed by atoms with Crippen LogP contribution in [0.25, 0.3) is 22.3 Å². The summed E-state index contributed by atoms with van der Waals surface area (Å²) in [6.45, 7) is -1.00. The van der Waals surface area contributed by atoms with Gasteiger partial charge in [-0.2, -0.15) is 0 Å². The Bertz CT molecular complexity index is 1730. The molecule has 0 atom stereocenters. The first-order valence-corrected chi connectivity index (χ1v) is 13.1. The van der Waals surface area contributed by atoms with Crippen LogP contribution in [0.15, 0.2) is 114 Å². The molecule has 5 rings (SSSR count). The number of hydrogen-bond donors (Lipinski definition) is 3. The lowest BCUT2D eigenvalue weighted by atomic mass is 10.1. The van der Waals surface area contributed by atoms with Crippen molar-refractivity contribution in [3.8, 4) is 11.3 Å². The van der Waals surface area contributed by atoms with Crippen LogP contribution in [-0.2, 0) is 11.3 Å². The van der Waals surface area contributed by atoms with E-state index in [0.29, 0.717) is 28.0 Å². The molecule has 12 heteroatoms. The summed E-state index contributed by atoms with van der Waals surface area (Å²) in [5.74, 6) is -2.29. The molecule has 44 heavy (non-hydrogen) atoms. The van der Waals surface area contributed by atoms with E-state index in [2.05, 4.69) is 10.3 Å². The van der Waals surface area contributed by atoms with E-state index in [1.54, 1.807) is 91.0 Å². The van der Waals surface area contributed by atoms with Crippen LogP contribution in [0.3, 0.4) is 0 Å². The zero-order valence-electron chi connectivity index (χ0n) is 23.1. The second-order valence-corrected chi connectivity index (χ2v) is 8.98. The van der Waals surface area contributed by atoms with E-state index in [1.165, 1.54) is 12.1 Å². The molecule has 0 amide bonds. The molecule has 0 radical (unpaired) electrons. The lowest BCUT2D eigenvalue weighted by Gasteiger charge is -2.11. The summed E-state index contributed by atoms with van der Waals surface area (Å²) in [4.78, 5) is 37.7. The van der Waals surface area contributed by atoms with Crippen molar-refractivity contribution in [2.24, 2.45) is 0 Å². The maximum Gasteiger partial charge on any atom is 0.377 e. The number of Topliss-reactive ketones (excluding diaryl/α,β-unsaturated/α-hetero) is 1. The molecule has 0 aliphatic carbocycles. The van der Waals surface area contributed by atoms with Gasteiger partial charge in [0.15, 0.2) is 0 Å². The number of carboxylic acids is 1. The van der Waals surface area contributed by atoms with Gasteiger partial charge in [0, 0.05) is 11.1 Å². The summed E-state index contributed by atoms with van der Waals surface area (Å²) in [6.07, 6.45) is -4.96. The largest absolute Gasteiger partial charge is 0.475 e. The van der Waals surface area contributed by atoms with Gasteiger partial charge in [0.05, 0.1) is 35.5 Å². The summed E-state index contributed by atoms with van der Waals surface area (Å²) in [7, 11) is 0. The highest BCUT2D eigenvalue weighted by Gasteiger charge is 2.15. The molecule has 1 heterocycles. The van der Waals surface area contributed by atoms with E-state index in [9.17, 15) is 31.9 Å². The Morgan fingerprint density at radius 1 is 0.795 bits per heavy atom. The van der Waals surface area contributed by atoms with E-state index >= 15 is 0 Å². The summed E-state index contributed by atoms with van der Waals surface area (Å²) in [5.41, 5.74) is 8.00. The van der Waals surface area contributed by atoms with Crippen molar-refractivity contribution in [3.05, 3.63) is 125 Å². The molecule has 8 nitrogen and oxygen atoms in total. The predicted molar refractivity (Wildman–Crippen MR) is 161 cm³/mol. The van der Waals surface area contributed by atoms with Gasteiger partial charge >= 0.3 is 5.97 Å². The number of ketones is 1. The van der Waals surface area contributed by atoms with E-state index in [1.807, 2.05) is 6.07 Å². The molecule has 5 aromatic rings. The second-order valence-electron chi connectivity index (χ2n) is 8.98. The van der Waals surface area contributed by atoms with Gasteiger partial charge in [0.25, 0.3) is 24.2 Å². The van der Waals surface area contributed by atoms with Crippen LogP contribution in [0.4, 0.5) is 28.9 Å². The lowest BCUT2D eigenvalue weighted by Crippen LogP contribution is -2.26. The number of rotatable bonds is 8. The second kappa shape index (κ2) is 16.2. The Labute approximate surface area is 249 Å². The molecule has 228 valence electrons. The topological polar surface area (TPSA) is 127 Å². The number of nitrogens with zero attached hydrogens (tertiary/aromatic N) is 2. The number of alkyl halides is 4. The number of aliphatic carboxylic acids is 1. The SMILES string of the molecule is Nc1ccccc1NCC(F)F.O=C(O)C(=O)c1ccccc1.O=c1c(-c2ccccc2)nc2ccccc2n1CC(F)F. The summed E-state index contributed by atoms with van der Waals surface area (Å²) in [5, 5.41) is 10.8. The van der Waals surface area contributed by atoms with Gasteiger partial charge in [0.2, 0.25) is 0 Å². The maximum absolute atomic E-state index is 12.8. The van der Waals surface area contributed by atoms with Gasteiger partial charge in [-0.05, 0) is 24.3 Å². The fraction of sp³-hybridized carbons (Fsp3) is 0.125. The van der Waals surface area contributed by atoms with Crippen molar-refractivity contribution >= 4 is 34.2 Å². The van der Waals surface area contributed by atoms with Gasteiger partial charge in [-0.3, -0.25) is 14.2 Å². The van der Waals surface area contributed by atoms with Crippen LogP contribution in [0, 0.1) is 0 Å². The van der Waals surface area contributed by atoms with Crippen molar-refractivity contribution < 1.29 is 32.3 Å². The summed E-state index contributed by atoms with van der Waals surface area (Å²) in [6, 6.07) is 30.4. The average Bonchev–Trinajstić information content (AvgIpc) is 3.03. The summed E-state index contributed by atoms with van der Waals surface area (Å²) < 4.78 is 50.2. The first-order chi connectivity index (χ1) is 21.1. The highest BCUT2D eigenvalue weighted by atomic mass is 19.3. The number of carbonyl (C=O) groups is 2. The highest BCUT2D eigenvalue weighted by molar-refractivity contribution is 6.39. The molecule has 0 spiro atoms. The number of halogens is 4. The van der Waals surface area contributed by atoms with E-state index < -0.39 is 36.7 Å². The monoisotopic (exact) mass is 608 g/mol. The Hall–Kier alpha value is -5.52. The maximum atomic E-state index is 12.8. The van der Waals surface area contributed by atoms with E-state index in [0.717, 1.165) is 4.57 Å². The number of nitrogens with one attached hydrogen (secondary N) is 1. The lowest BCUT2D eigenvalue weighted by molar-refractivity contribution is -0.131. The molecule has 4 aromatic carbocycles. The Morgan fingerprint density at radius 3 is 1.95 bits per heavy atom. The molecule has 0 bridgehead atoms. The smallest absolute Gasteiger partial charge is 0.377 e. The zero-order valence-corrected chi connectivity index (χ0v) is 23.1. The molecule has 1 aromatic heterocycles. The van der Waals surface area contributed by atoms with Crippen LogP contribution >= 0.6 is 0 Å². The number of para-hydroxylation sites is 4. The quantitative estimate of drug-likeness (QED) is 0.0825. The number of hydrogen-bond acceptors (Lipinski definition) is 6. The van der Waals surface area contributed by atoms with Crippen LogP contribution in [0.1, 0.15) is 10.4 Å². The molecular formula is C32H28F4N4O4. The number of anilines is 2. The third-order valence-corrected chi connectivity index (χ3v) is 5.86. The van der Waals surface area contributed by atoms with Crippen molar-refractivity contribution in [1.29, 1.82) is 0 Å². The minimum Gasteiger partial charge on any atom is -0.475 e. The average molecular weight is 609 g/mol. The third kappa shape index (κ3) is 9.51. The van der Waals surface area contributed by atoms with Crippen LogP contribution in [0.5, 0.6) is 0 Å². The number of nitrogens with two attached hydrogens (primary N) is 1. The number of nitrogen functional groups attached to an aromatic ring is 1. The molecule has 4 N–H and O–H groups in total. The van der Waals surface area contributed by atoms with Crippen LogP contribution in [0.2, 0.25) is 0 Å². The normalized spacial score (nSPS) is 10.4. The standard InChI is InChI=1S/C16H12F2N2O.C8H10F2N2.C8H6O3/c17-14(18)10-20-13-9-5-4-8-12(13)19-15(16(20)21)11-6-2-1-3-7-11;9-8(10)5-12-7-4-2-1-3-6(7)11;9-7(8(10)11)6-4-2-1-3-5-6/h1-9,14H,10H2;1-4,8,12H,5,11H2;1-5H,(H,10,11). The minimum absolute atomic E-state index is 0.190. The fourth-order valence-corrected chi connectivity index (χ4v) is 3.85. The van der Waals surface area contributed by atoms with Gasteiger partial charge in [-0.1, -0.05) is 84.9 Å². The number of fused-ring (bicyclic) bond motifs is 1. The summed E-state index contributed by atoms with van der Waals surface area (Å²) >= 11 is 0. The Kier molecular flexibility index (Phi) is 12.1. The Balaban J connectivity index is 0.000000196. The van der Waals surface area contributed by atoms with Crippen molar-refractivity contribution in [3.63, 3.8) is 0 Å². The van der Waals surface area contributed by atoms with Gasteiger partial charge in [-0.15, -0.1) is 0 Å². The van der Waals surface area contributed by atoms with Crippen LogP contribution < -0.4 is 16.6 Å². The third-order valence-electron chi connectivity index (χ3n) is 5.86. The molecule has 0 fully saturated rings. The molecule has 0 aliphatic rings.